The predicted molar refractivity (Wildman–Crippen MR) is 38.2 cm³/mol. The van der Waals surface area contributed by atoms with Crippen molar-refractivity contribution in [1.82, 2.24) is 5.43 Å². The summed E-state index contributed by atoms with van der Waals surface area (Å²) in [6.45, 7) is 0. The largest absolute Gasteiger partial charge is 0.375 e. The van der Waals surface area contributed by atoms with Gasteiger partial charge in [0.25, 0.3) is 0 Å². The average molecular weight is 142 g/mol. The van der Waals surface area contributed by atoms with Gasteiger partial charge in [0, 0.05) is 6.04 Å². The molecular weight excluding hydrogens is 128 g/mol. The maximum absolute atomic E-state index is 5.63. The normalized spacial score (nSPS) is 45.9. The number of hydrogen-bond acceptors (Lipinski definition) is 3. The zero-order chi connectivity index (χ0) is 6.97. The highest BCUT2D eigenvalue weighted by Crippen LogP contribution is 2.31. The van der Waals surface area contributed by atoms with Crippen molar-refractivity contribution in [2.75, 3.05) is 0 Å². The van der Waals surface area contributed by atoms with Gasteiger partial charge in [-0.15, -0.1) is 0 Å². The molecule has 2 fully saturated rings. The summed E-state index contributed by atoms with van der Waals surface area (Å²) in [6, 6.07) is 0.506. The highest BCUT2D eigenvalue weighted by Gasteiger charge is 2.34. The molecule has 2 aliphatic rings. The number of rotatable bonds is 1. The summed E-state index contributed by atoms with van der Waals surface area (Å²) >= 11 is 0. The van der Waals surface area contributed by atoms with Gasteiger partial charge in [-0.2, -0.15) is 0 Å². The van der Waals surface area contributed by atoms with Crippen LogP contribution >= 0.6 is 0 Å². The summed E-state index contributed by atoms with van der Waals surface area (Å²) in [5.41, 5.74) is 2.82. The Bertz CT molecular complexity index is 117. The molecule has 3 atom stereocenters. The molecule has 58 valence electrons. The van der Waals surface area contributed by atoms with Crippen molar-refractivity contribution < 1.29 is 4.74 Å². The SMILES string of the molecule is NNC1CC2CC[C@H](C1)O2. The van der Waals surface area contributed by atoms with Crippen LogP contribution in [0, 0.1) is 0 Å². The first kappa shape index (κ1) is 6.58. The van der Waals surface area contributed by atoms with E-state index in [2.05, 4.69) is 5.43 Å². The summed E-state index contributed by atoms with van der Waals surface area (Å²) in [5, 5.41) is 0. The maximum Gasteiger partial charge on any atom is 0.0595 e. The monoisotopic (exact) mass is 142 g/mol. The summed E-state index contributed by atoms with van der Waals surface area (Å²) in [7, 11) is 0. The molecular formula is C7H14N2O. The van der Waals surface area contributed by atoms with E-state index in [9.17, 15) is 0 Å². The zero-order valence-electron chi connectivity index (χ0n) is 6.05. The molecule has 2 unspecified atom stereocenters. The molecule has 2 bridgehead atoms. The van der Waals surface area contributed by atoms with E-state index < -0.39 is 0 Å². The van der Waals surface area contributed by atoms with Crippen LogP contribution in [-0.2, 0) is 4.74 Å². The van der Waals surface area contributed by atoms with Crippen molar-refractivity contribution in [2.45, 2.75) is 43.9 Å². The molecule has 2 rings (SSSR count). The molecule has 3 nitrogen and oxygen atoms in total. The molecule has 0 saturated carbocycles. The first-order valence-corrected chi connectivity index (χ1v) is 4.00. The van der Waals surface area contributed by atoms with Crippen LogP contribution in [0.2, 0.25) is 0 Å². The maximum atomic E-state index is 5.63. The molecule has 0 radical (unpaired) electrons. The van der Waals surface area contributed by atoms with E-state index in [1.54, 1.807) is 0 Å². The van der Waals surface area contributed by atoms with E-state index in [1.165, 1.54) is 12.8 Å². The molecule has 10 heavy (non-hydrogen) atoms. The molecule has 0 aromatic carbocycles. The van der Waals surface area contributed by atoms with Gasteiger partial charge >= 0.3 is 0 Å². The first-order valence-electron chi connectivity index (χ1n) is 4.00. The number of nitrogens with two attached hydrogens (primary N) is 1. The van der Waals surface area contributed by atoms with E-state index in [0.717, 1.165) is 12.8 Å². The fourth-order valence-electron chi connectivity index (χ4n) is 1.99. The second-order valence-electron chi connectivity index (χ2n) is 3.29. The summed E-state index contributed by atoms with van der Waals surface area (Å²) in [6.07, 6.45) is 5.69. The third-order valence-electron chi connectivity index (χ3n) is 2.53. The van der Waals surface area contributed by atoms with E-state index in [-0.39, 0.29) is 0 Å². The van der Waals surface area contributed by atoms with Crippen molar-refractivity contribution in [3.05, 3.63) is 0 Å². The average Bonchev–Trinajstić information content (AvgIpc) is 2.30. The van der Waals surface area contributed by atoms with Crippen LogP contribution in [0.5, 0.6) is 0 Å². The van der Waals surface area contributed by atoms with Gasteiger partial charge in [-0.3, -0.25) is 11.3 Å². The Balaban J connectivity index is 1.96. The molecule has 3 heteroatoms. The standard InChI is InChI=1S/C7H14N2O/c8-9-5-3-6-1-2-7(4-5)10-6/h5-7,9H,1-4,8H2/t5?,6-,7?/m1/s1. The molecule has 0 spiro atoms. The van der Waals surface area contributed by atoms with E-state index in [1.807, 2.05) is 0 Å². The molecule has 0 amide bonds. The number of nitrogens with one attached hydrogen (secondary N) is 1. The van der Waals surface area contributed by atoms with Crippen LogP contribution in [0.4, 0.5) is 0 Å². The van der Waals surface area contributed by atoms with E-state index in [0.29, 0.717) is 18.2 Å². The fourth-order valence-corrected chi connectivity index (χ4v) is 1.99. The first-order chi connectivity index (χ1) is 4.88. The van der Waals surface area contributed by atoms with Crippen molar-refractivity contribution in [3.8, 4) is 0 Å². The number of fused-ring (bicyclic) bond motifs is 2. The minimum atomic E-state index is 0.500. The quantitative estimate of drug-likeness (QED) is 0.405. The fraction of sp³-hybridized carbons (Fsp3) is 1.00. The third kappa shape index (κ3) is 1.05. The second kappa shape index (κ2) is 2.49. The number of ether oxygens (including phenoxy) is 1. The van der Waals surface area contributed by atoms with Crippen molar-refractivity contribution >= 4 is 0 Å². The Morgan fingerprint density at radius 2 is 1.80 bits per heavy atom. The Hall–Kier alpha value is -0.120. The van der Waals surface area contributed by atoms with Gasteiger partial charge in [-0.1, -0.05) is 0 Å². The number of hydrogen-bond donors (Lipinski definition) is 2. The highest BCUT2D eigenvalue weighted by atomic mass is 16.5. The van der Waals surface area contributed by atoms with Crippen LogP contribution in [0.15, 0.2) is 0 Å². The zero-order valence-corrected chi connectivity index (χ0v) is 6.05. The lowest BCUT2D eigenvalue weighted by Crippen LogP contribution is -2.42. The summed E-state index contributed by atoms with van der Waals surface area (Å²) in [5.74, 6) is 5.35. The van der Waals surface area contributed by atoms with Crippen molar-refractivity contribution in [2.24, 2.45) is 5.84 Å². The lowest BCUT2D eigenvalue weighted by atomic mass is 10.1. The topological polar surface area (TPSA) is 47.3 Å². The molecule has 0 aromatic rings. The molecule has 2 heterocycles. The van der Waals surface area contributed by atoms with Gasteiger partial charge < -0.3 is 4.74 Å². The minimum absolute atomic E-state index is 0.500. The molecule has 2 aliphatic heterocycles. The predicted octanol–water partition coefficient (Wildman–Crippen LogP) is 0.160. The van der Waals surface area contributed by atoms with Crippen LogP contribution in [0.25, 0.3) is 0 Å². The molecule has 0 aromatic heterocycles. The second-order valence-corrected chi connectivity index (χ2v) is 3.29. The molecule has 2 saturated heterocycles. The molecule has 0 aliphatic carbocycles. The van der Waals surface area contributed by atoms with Gasteiger partial charge in [-0.05, 0) is 25.7 Å². The van der Waals surface area contributed by atoms with Crippen molar-refractivity contribution in [1.29, 1.82) is 0 Å². The summed E-state index contributed by atoms with van der Waals surface area (Å²) < 4.78 is 5.63. The van der Waals surface area contributed by atoms with Crippen LogP contribution in [0.3, 0.4) is 0 Å². The minimum Gasteiger partial charge on any atom is -0.375 e. The van der Waals surface area contributed by atoms with Crippen LogP contribution < -0.4 is 11.3 Å². The smallest absolute Gasteiger partial charge is 0.0595 e. The van der Waals surface area contributed by atoms with Gasteiger partial charge in [0.15, 0.2) is 0 Å². The lowest BCUT2D eigenvalue weighted by molar-refractivity contribution is -0.00859. The summed E-state index contributed by atoms with van der Waals surface area (Å²) in [4.78, 5) is 0. The Morgan fingerprint density at radius 3 is 2.30 bits per heavy atom. The Kier molecular flexibility index (Phi) is 1.64. The van der Waals surface area contributed by atoms with E-state index in [4.69, 9.17) is 10.6 Å². The van der Waals surface area contributed by atoms with Crippen LogP contribution in [0.1, 0.15) is 25.7 Å². The van der Waals surface area contributed by atoms with Crippen molar-refractivity contribution in [3.63, 3.8) is 0 Å². The lowest BCUT2D eigenvalue weighted by Gasteiger charge is -2.27. The van der Waals surface area contributed by atoms with Gasteiger partial charge in [-0.25, -0.2) is 0 Å². The van der Waals surface area contributed by atoms with E-state index >= 15 is 0 Å². The van der Waals surface area contributed by atoms with Gasteiger partial charge in [0.1, 0.15) is 0 Å². The Morgan fingerprint density at radius 1 is 1.20 bits per heavy atom. The van der Waals surface area contributed by atoms with Gasteiger partial charge in [0.2, 0.25) is 0 Å². The molecule has 3 N–H and O–H groups in total. The van der Waals surface area contributed by atoms with Crippen LogP contribution in [-0.4, -0.2) is 18.2 Å². The van der Waals surface area contributed by atoms with Gasteiger partial charge in [0.05, 0.1) is 12.2 Å². The number of hydrazine groups is 1. The highest BCUT2D eigenvalue weighted by molar-refractivity contribution is 4.86. The Labute approximate surface area is 60.9 Å². The third-order valence-corrected chi connectivity index (χ3v) is 2.53.